The number of ether oxygens (including phenoxy) is 3. The van der Waals surface area contributed by atoms with Crippen molar-refractivity contribution >= 4 is 64.6 Å². The molecule has 0 aliphatic carbocycles. The van der Waals surface area contributed by atoms with Gasteiger partial charge in [-0.05, 0) is 125 Å². The molecule has 2 aromatic rings. The van der Waals surface area contributed by atoms with E-state index in [1.807, 2.05) is 90.9 Å². The lowest BCUT2D eigenvalue weighted by Gasteiger charge is -2.41. The average molecular weight is 1380 g/mol. The average Bonchev–Trinajstić information content (AvgIpc) is 1.25. The molecule has 2 saturated heterocycles. The van der Waals surface area contributed by atoms with Gasteiger partial charge in [0.25, 0.3) is 0 Å². The van der Waals surface area contributed by atoms with Gasteiger partial charge in [-0.2, -0.15) is 13.2 Å². The van der Waals surface area contributed by atoms with E-state index < -0.39 is 114 Å². The predicted molar refractivity (Wildman–Crippen MR) is 369 cm³/mol. The number of amides is 7. The highest BCUT2D eigenvalue weighted by Crippen LogP contribution is 2.36. The van der Waals surface area contributed by atoms with Crippen LogP contribution < -0.4 is 27.0 Å². The molecule has 2 aliphatic rings. The van der Waals surface area contributed by atoms with Gasteiger partial charge in [-0.1, -0.05) is 111 Å². The van der Waals surface area contributed by atoms with Crippen molar-refractivity contribution in [3.63, 3.8) is 0 Å². The molecule has 0 saturated carbocycles. The Kier molecular flexibility index (Phi) is 34.5. The first-order valence-corrected chi connectivity index (χ1v) is 35.0. The van der Waals surface area contributed by atoms with Crippen molar-refractivity contribution < 1.29 is 75.3 Å². The fourth-order valence-electron chi connectivity index (χ4n) is 14.2. The number of anilines is 1. The van der Waals surface area contributed by atoms with E-state index >= 15 is 0 Å². The van der Waals surface area contributed by atoms with Crippen LogP contribution in [-0.4, -0.2) is 196 Å². The lowest BCUT2D eigenvalue weighted by atomic mass is 9.83. The number of nitrogens with two attached hydrogens (primary N) is 1. The summed E-state index contributed by atoms with van der Waals surface area (Å²) in [7, 11) is 9.68. The third kappa shape index (κ3) is 25.1. The number of hydrogen-bond donors (Lipinski definition) is 5. The molecule has 2 fully saturated rings. The predicted octanol–water partition coefficient (Wildman–Crippen LogP) is 8.56. The number of Topliss-reactive ketones (excluding diaryl/α,β-unsaturated/α-hetero) is 3. The van der Waals surface area contributed by atoms with Crippen LogP contribution in [0.5, 0.6) is 0 Å². The molecule has 98 heavy (non-hydrogen) atoms. The van der Waals surface area contributed by atoms with Gasteiger partial charge in [0.2, 0.25) is 29.5 Å². The van der Waals surface area contributed by atoms with E-state index in [-0.39, 0.29) is 143 Å². The van der Waals surface area contributed by atoms with Crippen molar-refractivity contribution in [1.29, 1.82) is 0 Å². The highest BCUT2D eigenvalue weighted by atomic mass is 19.4. The van der Waals surface area contributed by atoms with Gasteiger partial charge in [-0.15, -0.1) is 0 Å². The number of carbonyl (C=O) groups is 10. The van der Waals surface area contributed by atoms with E-state index in [1.54, 1.807) is 69.0 Å². The third-order valence-corrected chi connectivity index (χ3v) is 19.9. The van der Waals surface area contributed by atoms with Gasteiger partial charge in [-0.3, -0.25) is 53.0 Å². The van der Waals surface area contributed by atoms with Crippen molar-refractivity contribution in [1.82, 2.24) is 35.6 Å². The van der Waals surface area contributed by atoms with Crippen LogP contribution in [0.2, 0.25) is 0 Å². The molecule has 7 amide bonds. The summed E-state index contributed by atoms with van der Waals surface area (Å²) < 4.78 is 59.2. The number of hydrogen-bond acceptors (Lipinski definition) is 15. The summed E-state index contributed by atoms with van der Waals surface area (Å²) in [6.07, 6.45) is -4.20. The Hall–Kier alpha value is -6.83. The number of primary amides is 1. The SMILES string of the molecule is CC[C@H](C)[C@@H]([C@@H](CC(=O)N1CCC[C@H]1[C@H](OC)[C@@H](C)C(=O)C[C@@H](Cc1ccccc1)C(=O)NCc1ccc(NC(=O)[C@H](CCCNC(N)=O)CC(=O)[C@@H](NC(=O)CCCN2CCC(C(=O)OC)CC2C(F)(F)F)C(C)C)cc1)OC)N(C)C(=O)[C@@H](CC(=O)[C@H](C(C)C)N(C)C)C(C)C. The van der Waals surface area contributed by atoms with Crippen molar-refractivity contribution in [3.05, 3.63) is 65.7 Å². The summed E-state index contributed by atoms with van der Waals surface area (Å²) in [4.78, 5) is 143. The molecular weight excluding hydrogens is 1270 g/mol. The monoisotopic (exact) mass is 1380 g/mol. The lowest BCUT2D eigenvalue weighted by Crippen LogP contribution is -2.54. The van der Waals surface area contributed by atoms with Crippen molar-refractivity contribution in [2.45, 2.75) is 207 Å². The number of methoxy groups -OCH3 is 3. The fourth-order valence-corrected chi connectivity index (χ4v) is 14.2. The molecule has 0 radical (unpaired) electrons. The second-order valence-corrected chi connectivity index (χ2v) is 28.3. The van der Waals surface area contributed by atoms with E-state index in [2.05, 4.69) is 26.0 Å². The zero-order chi connectivity index (χ0) is 73.3. The summed E-state index contributed by atoms with van der Waals surface area (Å²) in [6.45, 7) is 17.7. The normalized spacial score (nSPS) is 19.1. The molecule has 25 heteroatoms. The number of ketones is 3. The molecule has 13 atom stereocenters. The molecule has 0 bridgehead atoms. The quantitative estimate of drug-likeness (QED) is 0.0308. The van der Waals surface area contributed by atoms with Gasteiger partial charge < -0.3 is 51.0 Å². The number of likely N-dealkylation sites (N-methyl/N-ethyl adjacent to an activating group) is 2. The van der Waals surface area contributed by atoms with Gasteiger partial charge in [0.05, 0.1) is 55.8 Å². The van der Waals surface area contributed by atoms with E-state index in [4.69, 9.17) is 15.2 Å². The van der Waals surface area contributed by atoms with Crippen LogP contribution in [0.1, 0.15) is 157 Å². The molecule has 2 aliphatic heterocycles. The zero-order valence-electron chi connectivity index (χ0n) is 60.7. The molecule has 6 N–H and O–H groups in total. The maximum absolute atomic E-state index is 14.7. The van der Waals surface area contributed by atoms with Crippen LogP contribution in [0, 0.1) is 53.3 Å². The Morgan fingerprint density at radius 3 is 1.93 bits per heavy atom. The van der Waals surface area contributed by atoms with Gasteiger partial charge in [-0.25, -0.2) is 4.79 Å². The van der Waals surface area contributed by atoms with Crippen molar-refractivity contribution in [2.75, 3.05) is 74.0 Å². The number of benzene rings is 2. The van der Waals surface area contributed by atoms with E-state index in [0.717, 1.165) is 12.7 Å². The minimum absolute atomic E-state index is 0.00400. The van der Waals surface area contributed by atoms with Gasteiger partial charge in [0, 0.05) is 95.9 Å². The Morgan fingerprint density at radius 2 is 1.37 bits per heavy atom. The summed E-state index contributed by atoms with van der Waals surface area (Å²) in [6, 6.07) is 11.1. The highest BCUT2D eigenvalue weighted by Gasteiger charge is 2.49. The van der Waals surface area contributed by atoms with Crippen molar-refractivity contribution in [3.8, 4) is 0 Å². The molecule has 2 unspecified atom stereocenters. The number of nitrogens with one attached hydrogen (secondary N) is 4. The van der Waals surface area contributed by atoms with Crippen molar-refractivity contribution in [2.24, 2.45) is 59.0 Å². The molecule has 2 aromatic carbocycles. The van der Waals surface area contributed by atoms with Crippen LogP contribution in [-0.2, 0) is 70.3 Å². The first-order valence-electron chi connectivity index (χ1n) is 35.0. The Bertz CT molecular complexity index is 2910. The van der Waals surface area contributed by atoms with Crippen LogP contribution in [0.4, 0.5) is 23.7 Å². The maximum atomic E-state index is 14.7. The molecule has 0 aromatic heterocycles. The van der Waals surface area contributed by atoms with E-state index in [1.165, 1.54) is 12.0 Å². The van der Waals surface area contributed by atoms with E-state index in [9.17, 15) is 61.1 Å². The van der Waals surface area contributed by atoms with E-state index in [0.29, 0.717) is 37.1 Å². The number of piperidine rings is 1. The molecule has 22 nitrogen and oxygen atoms in total. The lowest BCUT2D eigenvalue weighted by molar-refractivity contribution is -0.198. The summed E-state index contributed by atoms with van der Waals surface area (Å²) >= 11 is 0. The second kappa shape index (κ2) is 40.4. The first kappa shape index (κ1) is 83.6. The summed E-state index contributed by atoms with van der Waals surface area (Å²) in [5.41, 5.74) is 7.16. The molecule has 550 valence electrons. The van der Waals surface area contributed by atoms with Gasteiger partial charge in [0.1, 0.15) is 11.8 Å². The number of urea groups is 1. The third-order valence-electron chi connectivity index (χ3n) is 19.9. The molecule has 2 heterocycles. The Balaban J connectivity index is 1.43. The molecule has 0 spiro atoms. The number of halogens is 3. The minimum Gasteiger partial charge on any atom is -0.469 e. The Labute approximate surface area is 579 Å². The smallest absolute Gasteiger partial charge is 0.404 e. The topological polar surface area (TPSA) is 285 Å². The largest absolute Gasteiger partial charge is 0.469 e. The molecule has 4 rings (SSSR count). The number of alkyl halides is 3. The van der Waals surface area contributed by atoms with Gasteiger partial charge in [0.15, 0.2) is 11.6 Å². The second-order valence-electron chi connectivity index (χ2n) is 28.3. The number of likely N-dealkylation sites (tertiary alicyclic amines) is 2. The van der Waals surface area contributed by atoms with Crippen LogP contribution >= 0.6 is 0 Å². The minimum atomic E-state index is -4.61. The number of carbonyl (C=O) groups excluding carboxylic acids is 10. The number of esters is 1. The summed E-state index contributed by atoms with van der Waals surface area (Å²) in [5.74, 6) is -7.69. The van der Waals surface area contributed by atoms with Crippen LogP contribution in [0.3, 0.4) is 0 Å². The standard InChI is InChI=1S/C73H114F3N9O13/c1-16-47(8)66(83(12)70(93)55(44(2)3)41-59(88)65(46(6)7)82(10)11)60(96-13)42-63(90)85-35-21-26-56(85)67(97-14)48(9)57(86)39-53(37-49-23-18-17-19-24-49)68(91)79-43-50-28-30-54(31-29-50)80-69(92)51(25-20-33-78-72(77)95)38-58(87)64(45(4)5)81-62(89)27-22-34-84-36-32-52(71(94)98-15)40-61(84)73(74,75)76/h17-19,23-24,28-31,44-48,51-53,55-56,60-61,64-67H,16,20-22,25-27,32-43H2,1-15H3,(H,79,91)(H,80,92)(H,81,89)(H3,77,78,95)/t47-,48-,51+,52?,53+,55-,56-,60+,61?,64-,65-,66-,67+/m0/s1. The highest BCUT2D eigenvalue weighted by molar-refractivity contribution is 5.97. The first-order chi connectivity index (χ1) is 46.2. The maximum Gasteiger partial charge on any atom is 0.404 e. The molecular formula is C73H114F3N9O13. The Morgan fingerprint density at radius 1 is 0.714 bits per heavy atom. The number of rotatable bonds is 41. The zero-order valence-corrected chi connectivity index (χ0v) is 60.7. The van der Waals surface area contributed by atoms with Crippen LogP contribution in [0.25, 0.3) is 0 Å². The van der Waals surface area contributed by atoms with Gasteiger partial charge >= 0.3 is 18.2 Å². The fraction of sp³-hybridized carbons (Fsp3) is 0.699. The summed E-state index contributed by atoms with van der Waals surface area (Å²) in [5, 5.41) is 11.1. The van der Waals surface area contributed by atoms with Crippen LogP contribution in [0.15, 0.2) is 54.6 Å². The number of nitrogens with zero attached hydrogens (tertiary/aromatic N) is 4.